The molecule has 0 saturated carbocycles. The van der Waals surface area contributed by atoms with Crippen LogP contribution in [0.3, 0.4) is 0 Å². The first kappa shape index (κ1) is 11.0. The third-order valence-corrected chi connectivity index (χ3v) is 4.09. The summed E-state index contributed by atoms with van der Waals surface area (Å²) in [6.07, 6.45) is 2.22. The lowest BCUT2D eigenvalue weighted by molar-refractivity contribution is 0.0596. The number of esters is 1. The van der Waals surface area contributed by atoms with Gasteiger partial charge in [0.1, 0.15) is 0 Å². The molecule has 80 valence electrons. The molecule has 0 fully saturated rings. The van der Waals surface area contributed by atoms with Gasteiger partial charge < -0.3 is 4.74 Å². The van der Waals surface area contributed by atoms with Crippen molar-refractivity contribution in [1.29, 1.82) is 0 Å². The van der Waals surface area contributed by atoms with Gasteiger partial charge in [0, 0.05) is 9.37 Å². The van der Waals surface area contributed by atoms with Crippen molar-refractivity contribution in [3.05, 3.63) is 27.7 Å². The van der Waals surface area contributed by atoms with Gasteiger partial charge in [-0.25, -0.2) is 4.79 Å². The number of thioether (sulfide) groups is 1. The Bertz CT molecular complexity index is 404. The Kier molecular flexibility index (Phi) is 3.36. The number of hydrogen-bond donors (Lipinski definition) is 0. The van der Waals surface area contributed by atoms with Crippen LogP contribution in [0.2, 0.25) is 0 Å². The highest BCUT2D eigenvalue weighted by atomic mass is 79.9. The van der Waals surface area contributed by atoms with Crippen molar-refractivity contribution in [1.82, 2.24) is 0 Å². The van der Waals surface area contributed by atoms with Crippen LogP contribution < -0.4 is 0 Å². The molecule has 4 heteroatoms. The Morgan fingerprint density at radius 2 is 2.33 bits per heavy atom. The van der Waals surface area contributed by atoms with Gasteiger partial charge in [0.05, 0.1) is 12.7 Å². The summed E-state index contributed by atoms with van der Waals surface area (Å²) >= 11 is 5.17. The third kappa shape index (κ3) is 2.21. The largest absolute Gasteiger partial charge is 0.465 e. The molecule has 0 saturated heterocycles. The molecule has 0 amide bonds. The van der Waals surface area contributed by atoms with Gasteiger partial charge in [0.15, 0.2) is 0 Å². The SMILES string of the molecule is COC(=O)c1cc(Br)cc2c1SCCC2. The minimum absolute atomic E-state index is 0.248. The summed E-state index contributed by atoms with van der Waals surface area (Å²) in [6, 6.07) is 3.93. The van der Waals surface area contributed by atoms with E-state index in [2.05, 4.69) is 22.0 Å². The molecule has 0 unspecified atom stereocenters. The predicted octanol–water partition coefficient (Wildman–Crippen LogP) is 3.27. The van der Waals surface area contributed by atoms with Crippen molar-refractivity contribution in [2.24, 2.45) is 0 Å². The van der Waals surface area contributed by atoms with E-state index in [1.807, 2.05) is 6.07 Å². The highest BCUT2D eigenvalue weighted by Gasteiger charge is 2.19. The zero-order valence-electron chi connectivity index (χ0n) is 8.38. The van der Waals surface area contributed by atoms with Crippen LogP contribution in [-0.2, 0) is 11.2 Å². The summed E-state index contributed by atoms with van der Waals surface area (Å²) in [5, 5.41) is 0. The lowest BCUT2D eigenvalue weighted by atomic mass is 10.1. The van der Waals surface area contributed by atoms with Crippen LogP contribution in [0.25, 0.3) is 0 Å². The summed E-state index contributed by atoms with van der Waals surface area (Å²) < 4.78 is 5.73. The summed E-state index contributed by atoms with van der Waals surface area (Å²) in [5.74, 6) is 0.834. The molecule has 15 heavy (non-hydrogen) atoms. The molecule has 0 atom stereocenters. The van der Waals surface area contributed by atoms with Gasteiger partial charge in [-0.2, -0.15) is 0 Å². The number of rotatable bonds is 1. The van der Waals surface area contributed by atoms with E-state index in [-0.39, 0.29) is 5.97 Å². The number of aryl methyl sites for hydroxylation is 1. The molecule has 1 aromatic rings. The van der Waals surface area contributed by atoms with E-state index >= 15 is 0 Å². The number of halogens is 1. The average Bonchev–Trinajstić information content (AvgIpc) is 2.26. The fourth-order valence-corrected chi connectivity index (χ4v) is 3.35. The fraction of sp³-hybridized carbons (Fsp3) is 0.364. The molecule has 2 nitrogen and oxygen atoms in total. The molecule has 0 aliphatic carbocycles. The average molecular weight is 287 g/mol. The molecule has 1 aliphatic rings. The minimum atomic E-state index is -0.248. The predicted molar refractivity (Wildman–Crippen MR) is 64.5 cm³/mol. The van der Waals surface area contributed by atoms with Gasteiger partial charge in [0.25, 0.3) is 0 Å². The van der Waals surface area contributed by atoms with Gasteiger partial charge in [-0.15, -0.1) is 11.8 Å². The molecular weight excluding hydrogens is 276 g/mol. The standard InChI is InChI=1S/C11H11BrO2S/c1-14-11(13)9-6-8(12)5-7-3-2-4-15-10(7)9/h5-6H,2-4H2,1H3. The molecule has 0 spiro atoms. The van der Waals surface area contributed by atoms with E-state index in [4.69, 9.17) is 4.74 Å². The Hall–Kier alpha value is -0.480. The van der Waals surface area contributed by atoms with Crippen molar-refractivity contribution in [3.63, 3.8) is 0 Å². The Balaban J connectivity index is 2.52. The van der Waals surface area contributed by atoms with E-state index in [0.717, 1.165) is 21.5 Å². The van der Waals surface area contributed by atoms with Gasteiger partial charge >= 0.3 is 5.97 Å². The third-order valence-electron chi connectivity index (χ3n) is 2.37. The summed E-state index contributed by atoms with van der Waals surface area (Å²) in [6.45, 7) is 0. The van der Waals surface area contributed by atoms with E-state index in [9.17, 15) is 4.79 Å². The lowest BCUT2D eigenvalue weighted by Crippen LogP contribution is -2.08. The van der Waals surface area contributed by atoms with Crippen molar-refractivity contribution < 1.29 is 9.53 Å². The number of ether oxygens (including phenoxy) is 1. The maximum atomic E-state index is 11.6. The van der Waals surface area contributed by atoms with Crippen molar-refractivity contribution in [2.45, 2.75) is 17.7 Å². The first-order valence-electron chi connectivity index (χ1n) is 4.76. The molecule has 2 rings (SSSR count). The second kappa shape index (κ2) is 4.58. The summed E-state index contributed by atoms with van der Waals surface area (Å²) in [4.78, 5) is 12.7. The Labute approximate surface area is 102 Å². The number of fused-ring (bicyclic) bond motifs is 1. The van der Waals surface area contributed by atoms with Crippen molar-refractivity contribution in [2.75, 3.05) is 12.9 Å². The first-order valence-corrected chi connectivity index (χ1v) is 6.54. The van der Waals surface area contributed by atoms with Crippen molar-refractivity contribution >= 4 is 33.7 Å². The minimum Gasteiger partial charge on any atom is -0.465 e. The van der Waals surface area contributed by atoms with Crippen LogP contribution in [0, 0.1) is 0 Å². The molecule has 0 N–H and O–H groups in total. The first-order chi connectivity index (χ1) is 7.22. The molecule has 0 radical (unpaired) electrons. The van der Waals surface area contributed by atoms with Crippen molar-refractivity contribution in [3.8, 4) is 0 Å². The number of hydrogen-bond acceptors (Lipinski definition) is 3. The number of carbonyl (C=O) groups is 1. The van der Waals surface area contributed by atoms with Gasteiger partial charge in [0.2, 0.25) is 0 Å². The highest BCUT2D eigenvalue weighted by molar-refractivity contribution is 9.10. The zero-order valence-corrected chi connectivity index (χ0v) is 10.8. The summed E-state index contributed by atoms with van der Waals surface area (Å²) in [7, 11) is 1.42. The zero-order chi connectivity index (χ0) is 10.8. The number of carbonyl (C=O) groups excluding carboxylic acids is 1. The molecule has 1 heterocycles. The van der Waals surface area contributed by atoms with Crippen LogP contribution in [0.5, 0.6) is 0 Å². The quantitative estimate of drug-likeness (QED) is 0.741. The van der Waals surface area contributed by atoms with Crippen LogP contribution >= 0.6 is 27.7 Å². The maximum absolute atomic E-state index is 11.6. The van der Waals surface area contributed by atoms with E-state index in [1.165, 1.54) is 19.1 Å². The Morgan fingerprint density at radius 3 is 3.07 bits per heavy atom. The Morgan fingerprint density at radius 1 is 1.53 bits per heavy atom. The topological polar surface area (TPSA) is 26.3 Å². The smallest absolute Gasteiger partial charge is 0.339 e. The van der Waals surface area contributed by atoms with Crippen LogP contribution in [-0.4, -0.2) is 18.8 Å². The molecule has 1 aliphatic heterocycles. The van der Waals surface area contributed by atoms with Crippen LogP contribution in [0.15, 0.2) is 21.5 Å². The summed E-state index contributed by atoms with van der Waals surface area (Å²) in [5.41, 5.74) is 1.94. The molecular formula is C11H11BrO2S. The second-order valence-electron chi connectivity index (χ2n) is 3.39. The maximum Gasteiger partial charge on any atom is 0.339 e. The second-order valence-corrected chi connectivity index (χ2v) is 5.41. The lowest BCUT2D eigenvalue weighted by Gasteiger charge is -2.18. The van der Waals surface area contributed by atoms with E-state index in [1.54, 1.807) is 11.8 Å². The molecule has 0 bridgehead atoms. The van der Waals surface area contributed by atoms with Crippen LogP contribution in [0.1, 0.15) is 22.3 Å². The monoisotopic (exact) mass is 286 g/mol. The number of benzene rings is 1. The number of methoxy groups -OCH3 is 1. The fourth-order valence-electron chi connectivity index (χ4n) is 1.70. The molecule has 0 aromatic heterocycles. The van der Waals surface area contributed by atoms with E-state index < -0.39 is 0 Å². The molecule has 1 aromatic carbocycles. The van der Waals surface area contributed by atoms with E-state index in [0.29, 0.717) is 5.56 Å². The van der Waals surface area contributed by atoms with Gasteiger partial charge in [-0.1, -0.05) is 15.9 Å². The highest BCUT2D eigenvalue weighted by Crippen LogP contribution is 2.35. The van der Waals surface area contributed by atoms with Gasteiger partial charge in [-0.05, 0) is 36.3 Å². The normalized spacial score (nSPS) is 14.5. The van der Waals surface area contributed by atoms with Gasteiger partial charge in [-0.3, -0.25) is 0 Å². The van der Waals surface area contributed by atoms with Crippen LogP contribution in [0.4, 0.5) is 0 Å².